The van der Waals surface area contributed by atoms with Crippen molar-refractivity contribution >= 4 is 0 Å². The topological polar surface area (TPSA) is 43.8 Å². The molecule has 2 rings (SSSR count). The summed E-state index contributed by atoms with van der Waals surface area (Å²) in [5.41, 5.74) is 7.06. The Balaban J connectivity index is 2.02. The predicted molar refractivity (Wildman–Crippen MR) is 74.7 cm³/mol. The van der Waals surface area contributed by atoms with Crippen LogP contribution in [0, 0.1) is 0 Å². The maximum absolute atomic E-state index is 12.5. The Kier molecular flexibility index (Phi) is 4.67. The molecular formula is C15H18F3N3. The summed E-state index contributed by atoms with van der Waals surface area (Å²) in [4.78, 5) is 0. The summed E-state index contributed by atoms with van der Waals surface area (Å²) in [5, 5.41) is 4.21. The molecule has 0 saturated carbocycles. The van der Waals surface area contributed by atoms with Gasteiger partial charge in [-0.1, -0.05) is 19.1 Å². The molecule has 1 aromatic carbocycles. The summed E-state index contributed by atoms with van der Waals surface area (Å²) >= 11 is 0. The monoisotopic (exact) mass is 297 g/mol. The van der Waals surface area contributed by atoms with Gasteiger partial charge in [-0.25, -0.2) is 0 Å². The fraction of sp³-hybridized carbons (Fsp3) is 0.400. The Bertz CT molecular complexity index is 573. The SMILES string of the molecule is CCC(N)Cc1cnn(Cc2ccc(C(F)(F)F)cc2)c1. The predicted octanol–water partition coefficient (Wildman–Crippen LogP) is 3.23. The van der Waals surface area contributed by atoms with E-state index in [-0.39, 0.29) is 6.04 Å². The molecule has 1 atom stereocenters. The zero-order valence-electron chi connectivity index (χ0n) is 11.8. The maximum Gasteiger partial charge on any atom is 0.416 e. The summed E-state index contributed by atoms with van der Waals surface area (Å²) in [7, 11) is 0. The van der Waals surface area contributed by atoms with Crippen LogP contribution < -0.4 is 5.73 Å². The van der Waals surface area contributed by atoms with Crippen molar-refractivity contribution in [3.05, 3.63) is 53.3 Å². The molecule has 1 heterocycles. The lowest BCUT2D eigenvalue weighted by atomic mass is 10.1. The number of alkyl halides is 3. The van der Waals surface area contributed by atoms with Crippen molar-refractivity contribution in [2.45, 2.75) is 38.5 Å². The van der Waals surface area contributed by atoms with Crippen molar-refractivity contribution in [3.63, 3.8) is 0 Å². The second-order valence-electron chi connectivity index (χ2n) is 5.11. The van der Waals surface area contributed by atoms with Crippen LogP contribution in [-0.4, -0.2) is 15.8 Å². The van der Waals surface area contributed by atoms with Crippen molar-refractivity contribution in [1.82, 2.24) is 9.78 Å². The van der Waals surface area contributed by atoms with Crippen LogP contribution in [0.15, 0.2) is 36.7 Å². The molecule has 0 aliphatic heterocycles. The summed E-state index contributed by atoms with van der Waals surface area (Å²) < 4.78 is 39.1. The zero-order valence-corrected chi connectivity index (χ0v) is 11.8. The van der Waals surface area contributed by atoms with Crippen LogP contribution in [-0.2, 0) is 19.1 Å². The third-order valence-corrected chi connectivity index (χ3v) is 3.33. The van der Waals surface area contributed by atoms with Gasteiger partial charge in [-0.15, -0.1) is 0 Å². The van der Waals surface area contributed by atoms with E-state index in [0.717, 1.165) is 36.1 Å². The summed E-state index contributed by atoms with van der Waals surface area (Å²) in [6.07, 6.45) is 0.980. The third-order valence-electron chi connectivity index (χ3n) is 3.33. The molecule has 6 heteroatoms. The molecule has 0 aliphatic rings. The molecule has 21 heavy (non-hydrogen) atoms. The maximum atomic E-state index is 12.5. The van der Waals surface area contributed by atoms with Crippen LogP contribution in [0.25, 0.3) is 0 Å². The quantitative estimate of drug-likeness (QED) is 0.921. The van der Waals surface area contributed by atoms with E-state index in [0.29, 0.717) is 6.54 Å². The number of nitrogens with zero attached hydrogens (tertiary/aromatic N) is 2. The van der Waals surface area contributed by atoms with E-state index in [9.17, 15) is 13.2 Å². The van der Waals surface area contributed by atoms with Crippen molar-refractivity contribution in [1.29, 1.82) is 0 Å². The number of hydrogen-bond acceptors (Lipinski definition) is 2. The fourth-order valence-corrected chi connectivity index (χ4v) is 2.03. The zero-order chi connectivity index (χ0) is 15.5. The molecule has 2 aromatic rings. The third kappa shape index (κ3) is 4.32. The van der Waals surface area contributed by atoms with Gasteiger partial charge in [0.2, 0.25) is 0 Å². The number of aromatic nitrogens is 2. The first-order valence-electron chi connectivity index (χ1n) is 6.81. The highest BCUT2D eigenvalue weighted by atomic mass is 19.4. The number of benzene rings is 1. The summed E-state index contributed by atoms with van der Waals surface area (Å²) in [5.74, 6) is 0. The highest BCUT2D eigenvalue weighted by Gasteiger charge is 2.29. The molecule has 0 aliphatic carbocycles. The molecule has 0 saturated heterocycles. The van der Waals surface area contributed by atoms with E-state index in [1.165, 1.54) is 12.1 Å². The van der Waals surface area contributed by atoms with Crippen molar-refractivity contribution in [2.24, 2.45) is 5.73 Å². The van der Waals surface area contributed by atoms with Crippen molar-refractivity contribution < 1.29 is 13.2 Å². The second kappa shape index (κ2) is 6.30. The first-order chi connectivity index (χ1) is 9.88. The lowest BCUT2D eigenvalue weighted by Gasteiger charge is -2.08. The van der Waals surface area contributed by atoms with Gasteiger partial charge in [0.25, 0.3) is 0 Å². The average molecular weight is 297 g/mol. The molecule has 1 unspecified atom stereocenters. The highest BCUT2D eigenvalue weighted by Crippen LogP contribution is 2.29. The number of halogens is 3. The Morgan fingerprint density at radius 3 is 2.43 bits per heavy atom. The summed E-state index contributed by atoms with van der Waals surface area (Å²) in [6, 6.07) is 5.23. The van der Waals surface area contributed by atoms with Gasteiger partial charge in [0, 0.05) is 12.2 Å². The standard InChI is InChI=1S/C15H18F3N3/c1-2-14(19)7-12-8-20-21(10-12)9-11-3-5-13(6-4-11)15(16,17)18/h3-6,8,10,14H,2,7,9,19H2,1H3. The van der Waals surface area contributed by atoms with Gasteiger partial charge in [0.15, 0.2) is 0 Å². The van der Waals surface area contributed by atoms with Gasteiger partial charge in [-0.3, -0.25) is 4.68 Å². The van der Waals surface area contributed by atoms with E-state index in [2.05, 4.69) is 5.10 Å². The molecular weight excluding hydrogens is 279 g/mol. The summed E-state index contributed by atoms with van der Waals surface area (Å²) in [6.45, 7) is 2.47. The lowest BCUT2D eigenvalue weighted by Crippen LogP contribution is -2.21. The molecule has 0 spiro atoms. The molecule has 1 aromatic heterocycles. The van der Waals surface area contributed by atoms with Gasteiger partial charge >= 0.3 is 6.18 Å². The normalized spacial score (nSPS) is 13.4. The Morgan fingerprint density at radius 2 is 1.86 bits per heavy atom. The van der Waals surface area contributed by atoms with Crippen LogP contribution in [0.4, 0.5) is 13.2 Å². The van der Waals surface area contributed by atoms with E-state index < -0.39 is 11.7 Å². The molecule has 3 nitrogen and oxygen atoms in total. The molecule has 2 N–H and O–H groups in total. The smallest absolute Gasteiger partial charge is 0.327 e. The fourth-order valence-electron chi connectivity index (χ4n) is 2.03. The first-order valence-corrected chi connectivity index (χ1v) is 6.81. The van der Waals surface area contributed by atoms with Crippen molar-refractivity contribution in [3.8, 4) is 0 Å². The Hall–Kier alpha value is -1.82. The minimum Gasteiger partial charge on any atom is -0.327 e. The molecule has 0 radical (unpaired) electrons. The Morgan fingerprint density at radius 1 is 1.19 bits per heavy atom. The van der Waals surface area contributed by atoms with Crippen LogP contribution in [0.2, 0.25) is 0 Å². The number of rotatable bonds is 5. The van der Waals surface area contributed by atoms with Gasteiger partial charge < -0.3 is 5.73 Å². The van der Waals surface area contributed by atoms with E-state index in [4.69, 9.17) is 5.73 Å². The van der Waals surface area contributed by atoms with Gasteiger partial charge in [0.1, 0.15) is 0 Å². The number of hydrogen-bond donors (Lipinski definition) is 1. The minimum atomic E-state index is -4.30. The first kappa shape index (κ1) is 15.6. The van der Waals surface area contributed by atoms with Gasteiger partial charge in [-0.05, 0) is 36.1 Å². The van der Waals surface area contributed by atoms with E-state index in [1.807, 2.05) is 13.1 Å². The molecule has 0 bridgehead atoms. The van der Waals surface area contributed by atoms with Crippen LogP contribution in [0.3, 0.4) is 0 Å². The molecule has 114 valence electrons. The average Bonchev–Trinajstić information content (AvgIpc) is 2.85. The van der Waals surface area contributed by atoms with Crippen LogP contribution in [0.5, 0.6) is 0 Å². The van der Waals surface area contributed by atoms with Gasteiger partial charge in [-0.2, -0.15) is 18.3 Å². The van der Waals surface area contributed by atoms with Crippen molar-refractivity contribution in [2.75, 3.05) is 0 Å². The lowest BCUT2D eigenvalue weighted by molar-refractivity contribution is -0.137. The molecule has 0 amide bonds. The van der Waals surface area contributed by atoms with Gasteiger partial charge in [0.05, 0.1) is 18.3 Å². The van der Waals surface area contributed by atoms with E-state index in [1.54, 1.807) is 10.9 Å². The Labute approximate surface area is 121 Å². The second-order valence-corrected chi connectivity index (χ2v) is 5.11. The van der Waals surface area contributed by atoms with Crippen LogP contribution >= 0.6 is 0 Å². The van der Waals surface area contributed by atoms with E-state index >= 15 is 0 Å². The number of nitrogens with two attached hydrogens (primary N) is 1. The van der Waals surface area contributed by atoms with Crippen LogP contribution in [0.1, 0.15) is 30.0 Å². The largest absolute Gasteiger partial charge is 0.416 e. The highest BCUT2D eigenvalue weighted by molar-refractivity contribution is 5.24. The molecule has 0 fully saturated rings. The minimum absolute atomic E-state index is 0.105.